The zero-order valence-corrected chi connectivity index (χ0v) is 14.5. The number of nitrogens with zero attached hydrogens (tertiary/aromatic N) is 1. The summed E-state index contributed by atoms with van der Waals surface area (Å²) in [4.78, 5) is 26.6. The van der Waals surface area contributed by atoms with Crippen LogP contribution in [0.2, 0.25) is 0 Å². The first kappa shape index (κ1) is 18.9. The SMILES string of the molecule is CNCC1CCCN(C(=O)CCNC(=O)c2cccs2)C1.Cl. The molecule has 2 amide bonds. The predicted molar refractivity (Wildman–Crippen MR) is 91.7 cm³/mol. The summed E-state index contributed by atoms with van der Waals surface area (Å²) >= 11 is 1.41. The highest BCUT2D eigenvalue weighted by atomic mass is 35.5. The highest BCUT2D eigenvalue weighted by molar-refractivity contribution is 7.12. The minimum Gasteiger partial charge on any atom is -0.351 e. The van der Waals surface area contributed by atoms with E-state index in [0.29, 0.717) is 23.8 Å². The van der Waals surface area contributed by atoms with Crippen molar-refractivity contribution >= 4 is 35.6 Å². The van der Waals surface area contributed by atoms with Crippen molar-refractivity contribution in [3.05, 3.63) is 22.4 Å². The lowest BCUT2D eigenvalue weighted by molar-refractivity contribution is -0.132. The zero-order chi connectivity index (χ0) is 15.1. The van der Waals surface area contributed by atoms with E-state index in [0.717, 1.165) is 26.1 Å². The Kier molecular flexibility index (Phi) is 8.45. The number of nitrogens with one attached hydrogen (secondary N) is 2. The topological polar surface area (TPSA) is 61.4 Å². The molecule has 1 aromatic heterocycles. The maximum atomic E-state index is 12.2. The van der Waals surface area contributed by atoms with Gasteiger partial charge in [-0.25, -0.2) is 0 Å². The third-order valence-electron chi connectivity index (χ3n) is 3.73. The highest BCUT2D eigenvalue weighted by Gasteiger charge is 2.22. The Bertz CT molecular complexity index is 465. The molecule has 2 heterocycles. The van der Waals surface area contributed by atoms with E-state index < -0.39 is 0 Å². The molecule has 5 nitrogen and oxygen atoms in total. The van der Waals surface area contributed by atoms with E-state index >= 15 is 0 Å². The average Bonchev–Trinajstić information content (AvgIpc) is 3.02. The number of likely N-dealkylation sites (tertiary alicyclic amines) is 1. The monoisotopic (exact) mass is 345 g/mol. The van der Waals surface area contributed by atoms with E-state index in [4.69, 9.17) is 0 Å². The Balaban J connectivity index is 0.00000242. The molecule has 1 fully saturated rings. The molecule has 1 atom stereocenters. The quantitative estimate of drug-likeness (QED) is 0.825. The van der Waals surface area contributed by atoms with Crippen LogP contribution < -0.4 is 10.6 Å². The first-order chi connectivity index (χ1) is 10.2. The van der Waals surface area contributed by atoms with Gasteiger partial charge in [-0.2, -0.15) is 0 Å². The van der Waals surface area contributed by atoms with Gasteiger partial charge in [0, 0.05) is 26.1 Å². The van der Waals surface area contributed by atoms with Crippen molar-refractivity contribution in [1.29, 1.82) is 0 Å². The average molecular weight is 346 g/mol. The summed E-state index contributed by atoms with van der Waals surface area (Å²) in [6.45, 7) is 3.04. The van der Waals surface area contributed by atoms with Gasteiger partial charge in [-0.1, -0.05) is 6.07 Å². The lowest BCUT2D eigenvalue weighted by Crippen LogP contribution is -2.43. The Labute approximate surface area is 141 Å². The summed E-state index contributed by atoms with van der Waals surface area (Å²) in [7, 11) is 1.95. The number of hydrogen-bond acceptors (Lipinski definition) is 4. The molecule has 22 heavy (non-hydrogen) atoms. The van der Waals surface area contributed by atoms with Gasteiger partial charge in [-0.15, -0.1) is 23.7 Å². The first-order valence-corrected chi connectivity index (χ1v) is 8.32. The molecule has 1 saturated heterocycles. The fourth-order valence-electron chi connectivity index (χ4n) is 2.68. The van der Waals surface area contributed by atoms with Crippen LogP contribution in [0.3, 0.4) is 0 Å². The third kappa shape index (κ3) is 5.59. The molecule has 124 valence electrons. The van der Waals surface area contributed by atoms with E-state index in [2.05, 4.69) is 10.6 Å². The molecule has 0 aromatic carbocycles. The van der Waals surface area contributed by atoms with Gasteiger partial charge in [0.15, 0.2) is 0 Å². The summed E-state index contributed by atoms with van der Waals surface area (Å²) in [5, 5.41) is 7.85. The number of carbonyl (C=O) groups is 2. The minimum atomic E-state index is -0.0931. The molecule has 2 N–H and O–H groups in total. The Morgan fingerprint density at radius 2 is 2.27 bits per heavy atom. The molecule has 2 rings (SSSR count). The Morgan fingerprint density at radius 1 is 1.45 bits per heavy atom. The molecule has 7 heteroatoms. The number of carbonyl (C=O) groups excluding carboxylic acids is 2. The number of thiophene rings is 1. The summed E-state index contributed by atoms with van der Waals surface area (Å²) in [6, 6.07) is 3.63. The van der Waals surface area contributed by atoms with Crippen LogP contribution in [0.4, 0.5) is 0 Å². The molecule has 1 aromatic rings. The summed E-state index contributed by atoms with van der Waals surface area (Å²) in [6.07, 6.45) is 2.63. The van der Waals surface area contributed by atoms with Crippen molar-refractivity contribution in [3.8, 4) is 0 Å². The molecule has 1 aliphatic rings. The standard InChI is InChI=1S/C15H23N3O2S.ClH/c1-16-10-12-4-2-8-18(11-12)14(19)6-7-17-15(20)13-5-3-9-21-13;/h3,5,9,12,16H,2,4,6-8,10-11H2,1H3,(H,17,20);1H. The maximum Gasteiger partial charge on any atom is 0.261 e. The van der Waals surface area contributed by atoms with Crippen LogP contribution in [-0.2, 0) is 4.79 Å². The van der Waals surface area contributed by atoms with Gasteiger partial charge in [-0.3, -0.25) is 9.59 Å². The molecule has 1 aliphatic heterocycles. The van der Waals surface area contributed by atoms with Gasteiger partial charge in [0.05, 0.1) is 4.88 Å². The Hall–Kier alpha value is -1.11. The zero-order valence-electron chi connectivity index (χ0n) is 12.8. The fourth-order valence-corrected chi connectivity index (χ4v) is 3.32. The number of piperidine rings is 1. The number of amides is 2. The van der Waals surface area contributed by atoms with Crippen LogP contribution in [-0.4, -0.2) is 49.9 Å². The third-order valence-corrected chi connectivity index (χ3v) is 4.60. The molecule has 0 radical (unpaired) electrons. The lowest BCUT2D eigenvalue weighted by atomic mass is 9.98. The highest BCUT2D eigenvalue weighted by Crippen LogP contribution is 2.16. The molecule has 0 aliphatic carbocycles. The van der Waals surface area contributed by atoms with Gasteiger partial charge >= 0.3 is 0 Å². The maximum absolute atomic E-state index is 12.2. The van der Waals surface area contributed by atoms with Crippen molar-refractivity contribution in [2.45, 2.75) is 19.3 Å². The largest absolute Gasteiger partial charge is 0.351 e. The second-order valence-electron chi connectivity index (χ2n) is 5.39. The second-order valence-corrected chi connectivity index (χ2v) is 6.34. The van der Waals surface area contributed by atoms with Crippen molar-refractivity contribution < 1.29 is 9.59 Å². The fraction of sp³-hybridized carbons (Fsp3) is 0.600. The summed E-state index contributed by atoms with van der Waals surface area (Å²) < 4.78 is 0. The molecule has 0 spiro atoms. The van der Waals surface area contributed by atoms with E-state index in [1.54, 1.807) is 6.07 Å². The number of hydrogen-bond donors (Lipinski definition) is 2. The van der Waals surface area contributed by atoms with Gasteiger partial charge in [-0.05, 0) is 43.8 Å². The smallest absolute Gasteiger partial charge is 0.261 e. The van der Waals surface area contributed by atoms with Gasteiger partial charge in [0.2, 0.25) is 5.91 Å². The molecule has 0 saturated carbocycles. The van der Waals surface area contributed by atoms with Crippen LogP contribution in [0.5, 0.6) is 0 Å². The predicted octanol–water partition coefficient (Wildman–Crippen LogP) is 1.75. The van der Waals surface area contributed by atoms with E-state index in [1.807, 2.05) is 23.4 Å². The van der Waals surface area contributed by atoms with Crippen molar-refractivity contribution in [2.24, 2.45) is 5.92 Å². The second kappa shape index (κ2) is 9.82. The van der Waals surface area contributed by atoms with E-state index in [-0.39, 0.29) is 24.2 Å². The van der Waals surface area contributed by atoms with Crippen LogP contribution in [0, 0.1) is 5.92 Å². The molecule has 0 bridgehead atoms. The van der Waals surface area contributed by atoms with Crippen LogP contribution >= 0.6 is 23.7 Å². The van der Waals surface area contributed by atoms with Gasteiger partial charge in [0.1, 0.15) is 0 Å². The first-order valence-electron chi connectivity index (χ1n) is 7.44. The van der Waals surface area contributed by atoms with Crippen LogP contribution in [0.1, 0.15) is 28.9 Å². The van der Waals surface area contributed by atoms with Crippen molar-refractivity contribution in [3.63, 3.8) is 0 Å². The number of halogens is 1. The van der Waals surface area contributed by atoms with Crippen LogP contribution in [0.15, 0.2) is 17.5 Å². The van der Waals surface area contributed by atoms with E-state index in [9.17, 15) is 9.59 Å². The van der Waals surface area contributed by atoms with Gasteiger partial charge in [0.25, 0.3) is 5.91 Å². The molecular weight excluding hydrogens is 322 g/mol. The van der Waals surface area contributed by atoms with Crippen LogP contribution in [0.25, 0.3) is 0 Å². The molecule has 1 unspecified atom stereocenters. The van der Waals surface area contributed by atoms with Crippen molar-refractivity contribution in [2.75, 3.05) is 33.2 Å². The van der Waals surface area contributed by atoms with Crippen molar-refractivity contribution in [1.82, 2.24) is 15.5 Å². The Morgan fingerprint density at radius 3 is 2.95 bits per heavy atom. The van der Waals surface area contributed by atoms with Gasteiger partial charge < -0.3 is 15.5 Å². The lowest BCUT2D eigenvalue weighted by Gasteiger charge is -2.32. The van der Waals surface area contributed by atoms with E-state index in [1.165, 1.54) is 17.8 Å². The summed E-state index contributed by atoms with van der Waals surface area (Å²) in [5.41, 5.74) is 0. The normalized spacial score (nSPS) is 17.7. The number of rotatable bonds is 6. The summed E-state index contributed by atoms with van der Waals surface area (Å²) in [5.74, 6) is 0.597. The molecular formula is C15H24ClN3O2S. The minimum absolute atomic E-state index is 0.